The number of carbonyl (C=O) groups excluding carboxylic acids is 1. The SMILES string of the molecule is C=C(CCCCCP(=O)(O)O)c1ccc(C(=O)OCCO)cc1. The van der Waals surface area contributed by atoms with Gasteiger partial charge in [0, 0.05) is 6.16 Å². The van der Waals surface area contributed by atoms with Gasteiger partial charge in [0.25, 0.3) is 0 Å². The Morgan fingerprint density at radius 2 is 1.70 bits per heavy atom. The Bertz CT molecular complexity index is 560. The van der Waals surface area contributed by atoms with E-state index in [0.717, 1.165) is 30.4 Å². The molecule has 0 heterocycles. The van der Waals surface area contributed by atoms with Crippen molar-refractivity contribution in [2.45, 2.75) is 25.7 Å². The van der Waals surface area contributed by atoms with Crippen LogP contribution >= 0.6 is 7.60 Å². The lowest BCUT2D eigenvalue weighted by atomic mass is 10.0. The summed E-state index contributed by atoms with van der Waals surface area (Å²) in [5.74, 6) is -0.478. The molecule has 0 atom stereocenters. The van der Waals surface area contributed by atoms with Gasteiger partial charge >= 0.3 is 13.6 Å². The molecule has 0 aliphatic heterocycles. The van der Waals surface area contributed by atoms with Crippen LogP contribution in [0.5, 0.6) is 0 Å². The predicted octanol–water partition coefficient (Wildman–Crippen LogP) is 2.59. The van der Waals surface area contributed by atoms with Crippen molar-refractivity contribution >= 4 is 19.1 Å². The van der Waals surface area contributed by atoms with Crippen molar-refractivity contribution in [3.8, 4) is 0 Å². The Morgan fingerprint density at radius 1 is 1.09 bits per heavy atom. The molecule has 6 nitrogen and oxygen atoms in total. The molecule has 0 saturated carbocycles. The smallest absolute Gasteiger partial charge is 0.338 e. The number of hydrogen-bond donors (Lipinski definition) is 3. The standard InChI is InChI=1S/C16H23O6P/c1-13(5-3-2-4-12-23(19,20)21)14-6-8-15(9-7-14)16(18)22-11-10-17/h6-9,17H,1-5,10-12H2,(H2,19,20,21). The van der Waals surface area contributed by atoms with Gasteiger partial charge in [0.15, 0.2) is 0 Å². The van der Waals surface area contributed by atoms with Crippen LogP contribution < -0.4 is 0 Å². The first-order valence-corrected chi connectivity index (χ1v) is 9.24. The summed E-state index contributed by atoms with van der Waals surface area (Å²) in [4.78, 5) is 29.1. The minimum absolute atomic E-state index is 0.0259. The molecule has 0 radical (unpaired) electrons. The molecular weight excluding hydrogens is 319 g/mol. The summed E-state index contributed by atoms with van der Waals surface area (Å²) in [6, 6.07) is 6.86. The maximum Gasteiger partial charge on any atom is 0.338 e. The molecule has 0 saturated heterocycles. The van der Waals surface area contributed by atoms with Crippen LogP contribution in [-0.2, 0) is 9.30 Å². The molecule has 3 N–H and O–H groups in total. The molecule has 0 bridgehead atoms. The van der Waals surface area contributed by atoms with Crippen LogP contribution in [0.15, 0.2) is 30.8 Å². The number of benzene rings is 1. The molecule has 0 spiro atoms. The summed E-state index contributed by atoms with van der Waals surface area (Å²) >= 11 is 0. The molecule has 0 aliphatic rings. The van der Waals surface area contributed by atoms with Crippen molar-refractivity contribution < 1.29 is 29.0 Å². The van der Waals surface area contributed by atoms with Gasteiger partial charge in [-0.2, -0.15) is 0 Å². The summed E-state index contributed by atoms with van der Waals surface area (Å²) in [7, 11) is -3.89. The molecule has 1 aromatic carbocycles. The van der Waals surface area contributed by atoms with Crippen LogP contribution in [0.25, 0.3) is 5.57 Å². The zero-order valence-electron chi connectivity index (χ0n) is 13.0. The van der Waals surface area contributed by atoms with Crippen molar-refractivity contribution in [2.75, 3.05) is 19.4 Å². The first-order chi connectivity index (χ1) is 10.8. The number of hydrogen-bond acceptors (Lipinski definition) is 4. The molecule has 0 aliphatic carbocycles. The number of allylic oxidation sites excluding steroid dienone is 1. The summed E-state index contributed by atoms with van der Waals surface area (Å²) in [5.41, 5.74) is 2.24. The van der Waals surface area contributed by atoms with Crippen LogP contribution in [0.2, 0.25) is 0 Å². The number of aliphatic hydroxyl groups is 1. The Morgan fingerprint density at radius 3 is 2.26 bits per heavy atom. The molecular formula is C16H23O6P. The van der Waals surface area contributed by atoms with Crippen molar-refractivity contribution in [3.05, 3.63) is 42.0 Å². The summed E-state index contributed by atoms with van der Waals surface area (Å²) in [5, 5.41) is 8.61. The van der Waals surface area contributed by atoms with Crippen LogP contribution in [-0.4, -0.2) is 40.2 Å². The fourth-order valence-corrected chi connectivity index (χ4v) is 2.68. The largest absolute Gasteiger partial charge is 0.460 e. The van der Waals surface area contributed by atoms with Crippen LogP contribution in [0, 0.1) is 0 Å². The number of aliphatic hydroxyl groups excluding tert-OH is 1. The molecule has 0 unspecified atom stereocenters. The van der Waals surface area contributed by atoms with E-state index in [1.54, 1.807) is 24.3 Å². The van der Waals surface area contributed by atoms with Gasteiger partial charge in [0.1, 0.15) is 6.61 Å². The average Bonchev–Trinajstić information content (AvgIpc) is 2.51. The average molecular weight is 342 g/mol. The number of esters is 1. The second-order valence-electron chi connectivity index (χ2n) is 5.24. The third kappa shape index (κ3) is 8.09. The Balaban J connectivity index is 2.39. The zero-order chi connectivity index (χ0) is 17.3. The highest BCUT2D eigenvalue weighted by Gasteiger charge is 2.11. The number of unbranched alkanes of at least 4 members (excludes halogenated alkanes) is 2. The lowest BCUT2D eigenvalue weighted by Crippen LogP contribution is -2.08. The van der Waals surface area contributed by atoms with Crippen molar-refractivity contribution in [1.29, 1.82) is 0 Å². The first-order valence-electron chi connectivity index (χ1n) is 7.44. The fraction of sp³-hybridized carbons (Fsp3) is 0.438. The van der Waals surface area contributed by atoms with E-state index in [0.29, 0.717) is 12.0 Å². The van der Waals surface area contributed by atoms with Gasteiger partial charge in [-0.3, -0.25) is 4.57 Å². The highest BCUT2D eigenvalue weighted by Crippen LogP contribution is 2.35. The zero-order valence-corrected chi connectivity index (χ0v) is 13.9. The Labute approximate surface area is 136 Å². The highest BCUT2D eigenvalue weighted by atomic mass is 31.2. The molecule has 23 heavy (non-hydrogen) atoms. The normalized spacial score (nSPS) is 11.3. The molecule has 1 aromatic rings. The predicted molar refractivity (Wildman–Crippen MR) is 88.2 cm³/mol. The molecule has 7 heteroatoms. The molecule has 0 amide bonds. The van der Waals surface area contributed by atoms with E-state index < -0.39 is 13.6 Å². The number of ether oxygens (including phenoxy) is 1. The van der Waals surface area contributed by atoms with Gasteiger partial charge in [0.2, 0.25) is 0 Å². The van der Waals surface area contributed by atoms with Crippen LogP contribution in [0.1, 0.15) is 41.6 Å². The van der Waals surface area contributed by atoms with Crippen LogP contribution in [0.3, 0.4) is 0 Å². The van der Waals surface area contributed by atoms with E-state index in [2.05, 4.69) is 6.58 Å². The van der Waals surface area contributed by atoms with Gasteiger partial charge in [-0.05, 0) is 42.5 Å². The molecule has 0 aromatic heterocycles. The molecule has 0 fully saturated rings. The summed E-state index contributed by atoms with van der Waals surface area (Å²) in [6.45, 7) is 3.76. The van der Waals surface area contributed by atoms with E-state index in [4.69, 9.17) is 19.6 Å². The van der Waals surface area contributed by atoms with E-state index >= 15 is 0 Å². The number of rotatable bonds is 10. The monoisotopic (exact) mass is 342 g/mol. The summed E-state index contributed by atoms with van der Waals surface area (Å²) < 4.78 is 15.5. The minimum atomic E-state index is -3.89. The summed E-state index contributed by atoms with van der Waals surface area (Å²) in [6.07, 6.45) is 2.68. The lowest BCUT2D eigenvalue weighted by molar-refractivity contribution is 0.0433. The minimum Gasteiger partial charge on any atom is -0.460 e. The third-order valence-electron chi connectivity index (χ3n) is 3.28. The van der Waals surface area contributed by atoms with Crippen molar-refractivity contribution in [1.82, 2.24) is 0 Å². The quantitative estimate of drug-likeness (QED) is 0.343. The Hall–Kier alpha value is -1.46. The van der Waals surface area contributed by atoms with Gasteiger partial charge < -0.3 is 19.6 Å². The van der Waals surface area contributed by atoms with E-state index in [9.17, 15) is 9.36 Å². The van der Waals surface area contributed by atoms with Gasteiger partial charge in [-0.1, -0.05) is 25.1 Å². The van der Waals surface area contributed by atoms with Crippen molar-refractivity contribution in [2.24, 2.45) is 0 Å². The highest BCUT2D eigenvalue weighted by molar-refractivity contribution is 7.51. The first kappa shape index (κ1) is 19.6. The van der Waals surface area contributed by atoms with Crippen molar-refractivity contribution in [3.63, 3.8) is 0 Å². The maximum absolute atomic E-state index is 11.6. The van der Waals surface area contributed by atoms with E-state index in [-0.39, 0.29) is 19.4 Å². The van der Waals surface area contributed by atoms with E-state index in [1.807, 2.05) is 0 Å². The second kappa shape index (κ2) is 9.63. The fourth-order valence-electron chi connectivity index (χ4n) is 2.04. The third-order valence-corrected chi connectivity index (χ3v) is 4.18. The molecule has 1 rings (SSSR count). The lowest BCUT2D eigenvalue weighted by Gasteiger charge is -2.08. The van der Waals surface area contributed by atoms with Gasteiger partial charge in [0.05, 0.1) is 12.2 Å². The van der Waals surface area contributed by atoms with Crippen LogP contribution in [0.4, 0.5) is 0 Å². The second-order valence-corrected chi connectivity index (χ2v) is 7.02. The number of carbonyl (C=O) groups is 1. The van der Waals surface area contributed by atoms with Gasteiger partial charge in [-0.15, -0.1) is 0 Å². The van der Waals surface area contributed by atoms with E-state index in [1.165, 1.54) is 0 Å². The molecule has 128 valence electrons. The maximum atomic E-state index is 11.6. The Kier molecular flexibility index (Phi) is 8.20. The topological polar surface area (TPSA) is 104 Å². The van der Waals surface area contributed by atoms with Gasteiger partial charge in [-0.25, -0.2) is 4.79 Å².